The molecule has 1 aliphatic rings. The van der Waals surface area contributed by atoms with Crippen LogP contribution in [0.5, 0.6) is 0 Å². The Morgan fingerprint density at radius 2 is 1.71 bits per heavy atom. The number of hydrogen-bond donors (Lipinski definition) is 1. The van der Waals surface area contributed by atoms with Crippen LogP contribution in [0.2, 0.25) is 0 Å². The second-order valence-corrected chi connectivity index (χ2v) is 7.07. The second-order valence-electron chi connectivity index (χ2n) is 5.08. The molecule has 0 saturated carbocycles. The molecule has 1 heterocycles. The molecule has 1 unspecified atom stereocenters. The summed E-state index contributed by atoms with van der Waals surface area (Å²) in [7, 11) is -3.24. The van der Waals surface area contributed by atoms with Gasteiger partial charge in [-0.05, 0) is 12.1 Å². The molecule has 118 valence electrons. The zero-order valence-electron chi connectivity index (χ0n) is 11.8. The van der Waals surface area contributed by atoms with Crippen molar-refractivity contribution in [3.8, 4) is 0 Å². The quantitative estimate of drug-likeness (QED) is 0.880. The normalized spacial score (nSPS) is 19.6. The largest absolute Gasteiger partial charge is 0.329 e. The van der Waals surface area contributed by atoms with Gasteiger partial charge < -0.3 is 5.73 Å². The molecule has 0 radical (unpaired) electrons. The summed E-state index contributed by atoms with van der Waals surface area (Å²) in [4.78, 5) is 1.82. The molecular formula is C13H19F2N3O2S. The van der Waals surface area contributed by atoms with E-state index in [-0.39, 0.29) is 12.1 Å². The molecule has 1 atom stereocenters. The minimum Gasteiger partial charge on any atom is -0.329 e. The molecule has 8 heteroatoms. The van der Waals surface area contributed by atoms with Gasteiger partial charge in [-0.2, -0.15) is 4.31 Å². The molecule has 0 spiro atoms. The number of rotatable bonds is 4. The van der Waals surface area contributed by atoms with Crippen molar-refractivity contribution in [1.82, 2.24) is 9.21 Å². The number of halogens is 2. The van der Waals surface area contributed by atoms with Crippen LogP contribution in [-0.4, -0.2) is 56.6 Å². The Hall–Kier alpha value is -1.09. The molecular weight excluding hydrogens is 300 g/mol. The van der Waals surface area contributed by atoms with Crippen molar-refractivity contribution in [2.24, 2.45) is 5.73 Å². The lowest BCUT2D eigenvalue weighted by Crippen LogP contribution is -2.50. The Labute approximate surface area is 123 Å². The van der Waals surface area contributed by atoms with Gasteiger partial charge in [0, 0.05) is 38.3 Å². The van der Waals surface area contributed by atoms with Crippen LogP contribution in [0.1, 0.15) is 11.6 Å². The summed E-state index contributed by atoms with van der Waals surface area (Å²) >= 11 is 0. The fraction of sp³-hybridized carbons (Fsp3) is 0.538. The summed E-state index contributed by atoms with van der Waals surface area (Å²) in [6, 6.07) is 3.12. The van der Waals surface area contributed by atoms with Gasteiger partial charge in [0.1, 0.15) is 11.6 Å². The predicted molar refractivity (Wildman–Crippen MR) is 76.1 cm³/mol. The summed E-state index contributed by atoms with van der Waals surface area (Å²) in [6.45, 7) is 1.44. The molecule has 1 aliphatic heterocycles. The Kier molecular flexibility index (Phi) is 4.92. The highest BCUT2D eigenvalue weighted by atomic mass is 32.2. The van der Waals surface area contributed by atoms with Gasteiger partial charge in [0.2, 0.25) is 10.0 Å². The van der Waals surface area contributed by atoms with Crippen molar-refractivity contribution in [1.29, 1.82) is 0 Å². The first-order valence-corrected chi connectivity index (χ1v) is 8.52. The Morgan fingerprint density at radius 3 is 2.14 bits per heavy atom. The van der Waals surface area contributed by atoms with Gasteiger partial charge in [0.25, 0.3) is 0 Å². The number of hydrogen-bond acceptors (Lipinski definition) is 4. The molecule has 2 N–H and O–H groups in total. The highest BCUT2D eigenvalue weighted by molar-refractivity contribution is 7.88. The van der Waals surface area contributed by atoms with E-state index in [9.17, 15) is 17.2 Å². The van der Waals surface area contributed by atoms with Crippen LogP contribution in [0.25, 0.3) is 0 Å². The maximum atomic E-state index is 13.9. The smallest absolute Gasteiger partial charge is 0.211 e. The fourth-order valence-electron chi connectivity index (χ4n) is 2.63. The Bertz CT molecular complexity index is 581. The summed E-state index contributed by atoms with van der Waals surface area (Å²) in [5, 5.41) is 0. The van der Waals surface area contributed by atoms with Gasteiger partial charge in [-0.3, -0.25) is 4.90 Å². The molecule has 0 bridgehead atoms. The van der Waals surface area contributed by atoms with Crippen LogP contribution < -0.4 is 5.73 Å². The molecule has 1 aromatic rings. The van der Waals surface area contributed by atoms with Crippen molar-refractivity contribution in [3.63, 3.8) is 0 Å². The second kappa shape index (κ2) is 6.35. The number of nitrogens with two attached hydrogens (primary N) is 1. The van der Waals surface area contributed by atoms with E-state index in [1.807, 2.05) is 4.90 Å². The van der Waals surface area contributed by atoms with Crippen molar-refractivity contribution in [2.75, 3.05) is 39.0 Å². The molecule has 2 rings (SSSR count). The molecule has 1 fully saturated rings. The molecule has 1 saturated heterocycles. The minimum atomic E-state index is -3.24. The van der Waals surface area contributed by atoms with E-state index in [1.165, 1.54) is 22.5 Å². The number of piperazine rings is 1. The molecule has 0 aliphatic carbocycles. The van der Waals surface area contributed by atoms with E-state index in [2.05, 4.69) is 0 Å². The van der Waals surface area contributed by atoms with Crippen LogP contribution in [0.4, 0.5) is 8.78 Å². The molecule has 1 aromatic carbocycles. The Morgan fingerprint density at radius 1 is 1.19 bits per heavy atom. The first-order chi connectivity index (χ1) is 9.84. The monoisotopic (exact) mass is 319 g/mol. The number of sulfonamides is 1. The van der Waals surface area contributed by atoms with Crippen LogP contribution in [0.3, 0.4) is 0 Å². The molecule has 5 nitrogen and oxygen atoms in total. The van der Waals surface area contributed by atoms with Crippen molar-refractivity contribution < 1.29 is 17.2 Å². The number of nitrogens with zero attached hydrogens (tertiary/aromatic N) is 2. The first-order valence-electron chi connectivity index (χ1n) is 6.67. The third-order valence-electron chi connectivity index (χ3n) is 3.74. The lowest BCUT2D eigenvalue weighted by molar-refractivity contribution is 0.136. The summed E-state index contributed by atoms with van der Waals surface area (Å²) in [5.74, 6) is -1.26. The predicted octanol–water partition coefficient (Wildman–Crippen LogP) is 0.542. The van der Waals surface area contributed by atoms with Crippen LogP contribution in [0, 0.1) is 11.6 Å². The fourth-order valence-corrected chi connectivity index (χ4v) is 3.45. The van der Waals surface area contributed by atoms with Gasteiger partial charge in [0.05, 0.1) is 12.3 Å². The Balaban J connectivity index is 2.17. The standard InChI is InChI=1S/C13H19F2N3O2S/c1-21(19,20)18-7-5-17(6-8-18)12(9-16)13-10(14)3-2-4-11(13)15/h2-4,12H,5-9,16H2,1H3. The van der Waals surface area contributed by atoms with Gasteiger partial charge in [0.15, 0.2) is 0 Å². The zero-order chi connectivity index (χ0) is 15.6. The SMILES string of the molecule is CS(=O)(=O)N1CCN(C(CN)c2c(F)cccc2F)CC1. The van der Waals surface area contributed by atoms with Crippen molar-refractivity contribution in [2.45, 2.75) is 6.04 Å². The van der Waals surface area contributed by atoms with Crippen LogP contribution in [0.15, 0.2) is 18.2 Å². The van der Waals surface area contributed by atoms with Gasteiger partial charge in [-0.1, -0.05) is 6.07 Å². The lowest BCUT2D eigenvalue weighted by atomic mass is 10.0. The third kappa shape index (κ3) is 3.57. The van der Waals surface area contributed by atoms with Gasteiger partial charge in [-0.15, -0.1) is 0 Å². The highest BCUT2D eigenvalue weighted by Crippen LogP contribution is 2.26. The van der Waals surface area contributed by atoms with Gasteiger partial charge in [-0.25, -0.2) is 17.2 Å². The maximum Gasteiger partial charge on any atom is 0.211 e. The zero-order valence-corrected chi connectivity index (χ0v) is 12.6. The lowest BCUT2D eigenvalue weighted by Gasteiger charge is -2.38. The van der Waals surface area contributed by atoms with Crippen molar-refractivity contribution >= 4 is 10.0 Å². The van der Waals surface area contributed by atoms with E-state index in [0.29, 0.717) is 26.2 Å². The number of benzene rings is 1. The first kappa shape index (κ1) is 16.3. The topological polar surface area (TPSA) is 66.6 Å². The third-order valence-corrected chi connectivity index (χ3v) is 5.04. The molecule has 0 amide bonds. The van der Waals surface area contributed by atoms with E-state index >= 15 is 0 Å². The summed E-state index contributed by atoms with van der Waals surface area (Å²) in [6.07, 6.45) is 1.15. The summed E-state index contributed by atoms with van der Waals surface area (Å²) < 4.78 is 52.1. The average Bonchev–Trinajstić information content (AvgIpc) is 2.42. The highest BCUT2D eigenvalue weighted by Gasteiger charge is 2.30. The van der Waals surface area contributed by atoms with E-state index < -0.39 is 27.7 Å². The minimum absolute atomic E-state index is 0.0483. The van der Waals surface area contributed by atoms with E-state index in [4.69, 9.17) is 5.73 Å². The van der Waals surface area contributed by atoms with Crippen LogP contribution in [-0.2, 0) is 10.0 Å². The van der Waals surface area contributed by atoms with E-state index in [1.54, 1.807) is 0 Å². The van der Waals surface area contributed by atoms with Crippen molar-refractivity contribution in [3.05, 3.63) is 35.4 Å². The average molecular weight is 319 g/mol. The van der Waals surface area contributed by atoms with E-state index in [0.717, 1.165) is 6.26 Å². The maximum absolute atomic E-state index is 13.9. The van der Waals surface area contributed by atoms with Gasteiger partial charge >= 0.3 is 0 Å². The van der Waals surface area contributed by atoms with Crippen LogP contribution >= 0.6 is 0 Å². The molecule has 21 heavy (non-hydrogen) atoms. The molecule has 0 aromatic heterocycles. The summed E-state index contributed by atoms with van der Waals surface area (Å²) in [5.41, 5.74) is 5.64.